The summed E-state index contributed by atoms with van der Waals surface area (Å²) in [5.74, 6) is 0.845. The standard InChI is InChI=1S/C22H29N3O4S2/c1-3-15-29-18-6-8-19(9-7-18)31(27,28)24-16-17-10-13-25(14-11-17)22(26)20-5-4-12-23-21(20)30-2/h4-9,12,17,24H,3,10-11,13-16H2,1-2H3. The van der Waals surface area contributed by atoms with E-state index in [0.29, 0.717) is 37.6 Å². The lowest BCUT2D eigenvalue weighted by molar-refractivity contribution is 0.0687. The molecule has 0 spiro atoms. The lowest BCUT2D eigenvalue weighted by atomic mass is 9.97. The van der Waals surface area contributed by atoms with Gasteiger partial charge in [0.15, 0.2) is 0 Å². The molecule has 1 aliphatic heterocycles. The zero-order valence-corrected chi connectivity index (χ0v) is 19.5. The van der Waals surface area contributed by atoms with Crippen LogP contribution in [0.15, 0.2) is 52.5 Å². The normalized spacial score (nSPS) is 15.1. The third-order valence-electron chi connectivity index (χ3n) is 5.27. The average molecular weight is 464 g/mol. The number of aromatic nitrogens is 1. The second-order valence-corrected chi connectivity index (χ2v) is 10.0. The summed E-state index contributed by atoms with van der Waals surface area (Å²) in [7, 11) is -3.58. The van der Waals surface area contributed by atoms with Gasteiger partial charge in [-0.2, -0.15) is 0 Å². The number of thioether (sulfide) groups is 1. The summed E-state index contributed by atoms with van der Waals surface area (Å²) in [5, 5.41) is 0.730. The molecule has 1 fully saturated rings. The molecule has 0 radical (unpaired) electrons. The van der Waals surface area contributed by atoms with Crippen LogP contribution < -0.4 is 9.46 Å². The minimum atomic E-state index is -3.58. The molecule has 1 N–H and O–H groups in total. The number of hydrogen-bond acceptors (Lipinski definition) is 6. The molecule has 0 bridgehead atoms. The Labute approximate surface area is 188 Å². The fourth-order valence-electron chi connectivity index (χ4n) is 3.47. The van der Waals surface area contributed by atoms with E-state index in [9.17, 15) is 13.2 Å². The Kier molecular flexibility index (Phi) is 8.34. The number of piperidine rings is 1. The fourth-order valence-corrected chi connectivity index (χ4v) is 5.13. The lowest BCUT2D eigenvalue weighted by Crippen LogP contribution is -2.41. The molecule has 2 heterocycles. The number of rotatable bonds is 9. The Bertz CT molecular complexity index is 973. The van der Waals surface area contributed by atoms with Crippen molar-refractivity contribution in [3.63, 3.8) is 0 Å². The van der Waals surface area contributed by atoms with Crippen LogP contribution in [0.5, 0.6) is 5.75 Å². The van der Waals surface area contributed by atoms with Gasteiger partial charge in [-0.1, -0.05) is 6.92 Å². The molecular weight excluding hydrogens is 434 g/mol. The number of carbonyl (C=O) groups is 1. The highest BCUT2D eigenvalue weighted by Crippen LogP contribution is 2.23. The Morgan fingerprint density at radius 2 is 1.94 bits per heavy atom. The van der Waals surface area contributed by atoms with Crippen LogP contribution in [0.3, 0.4) is 0 Å². The summed E-state index contributed by atoms with van der Waals surface area (Å²) in [4.78, 5) is 19.2. The van der Waals surface area contributed by atoms with E-state index < -0.39 is 10.0 Å². The molecule has 7 nitrogen and oxygen atoms in total. The maximum atomic E-state index is 12.8. The SMILES string of the molecule is CCCOc1ccc(S(=O)(=O)NCC2CCN(C(=O)c3cccnc3SC)CC2)cc1. The maximum absolute atomic E-state index is 12.8. The molecule has 0 unspecified atom stereocenters. The van der Waals surface area contributed by atoms with Gasteiger partial charge < -0.3 is 9.64 Å². The topological polar surface area (TPSA) is 88.6 Å². The summed E-state index contributed by atoms with van der Waals surface area (Å²) < 4.78 is 33.4. The number of amides is 1. The summed E-state index contributed by atoms with van der Waals surface area (Å²) in [6.45, 7) is 4.20. The minimum Gasteiger partial charge on any atom is -0.494 e. The summed E-state index contributed by atoms with van der Waals surface area (Å²) in [5.41, 5.74) is 0.625. The van der Waals surface area contributed by atoms with Crippen molar-refractivity contribution in [1.82, 2.24) is 14.6 Å². The molecule has 1 aromatic heterocycles. The Morgan fingerprint density at radius 3 is 2.58 bits per heavy atom. The van der Waals surface area contributed by atoms with Crippen LogP contribution in [-0.2, 0) is 10.0 Å². The van der Waals surface area contributed by atoms with Crippen LogP contribution >= 0.6 is 11.8 Å². The number of pyridine rings is 1. The first-order chi connectivity index (χ1) is 14.9. The molecule has 0 saturated carbocycles. The molecular formula is C22H29N3O4S2. The van der Waals surface area contributed by atoms with Crippen molar-refractivity contribution in [3.05, 3.63) is 48.2 Å². The van der Waals surface area contributed by atoms with Gasteiger partial charge in [0.2, 0.25) is 10.0 Å². The molecule has 0 atom stereocenters. The molecule has 1 aliphatic rings. The molecule has 168 valence electrons. The van der Waals surface area contributed by atoms with Crippen molar-refractivity contribution < 1.29 is 17.9 Å². The molecule has 1 amide bonds. The van der Waals surface area contributed by atoms with Crippen molar-refractivity contribution in [2.45, 2.75) is 36.1 Å². The molecule has 0 aliphatic carbocycles. The van der Waals surface area contributed by atoms with Crippen LogP contribution in [0.25, 0.3) is 0 Å². The van der Waals surface area contributed by atoms with E-state index in [-0.39, 0.29) is 16.7 Å². The van der Waals surface area contributed by atoms with Crippen molar-refractivity contribution in [3.8, 4) is 5.75 Å². The number of nitrogens with one attached hydrogen (secondary N) is 1. The largest absolute Gasteiger partial charge is 0.494 e. The molecule has 31 heavy (non-hydrogen) atoms. The first-order valence-corrected chi connectivity index (χ1v) is 13.2. The van der Waals surface area contributed by atoms with Gasteiger partial charge in [-0.25, -0.2) is 18.1 Å². The van der Waals surface area contributed by atoms with Crippen LogP contribution in [-0.4, -0.2) is 56.7 Å². The second kappa shape index (κ2) is 11.0. The molecule has 9 heteroatoms. The third-order valence-corrected chi connectivity index (χ3v) is 7.42. The fraction of sp³-hybridized carbons (Fsp3) is 0.455. The summed E-state index contributed by atoms with van der Waals surface area (Å²) in [6, 6.07) is 10.1. The van der Waals surface area contributed by atoms with E-state index in [1.807, 2.05) is 18.1 Å². The summed E-state index contributed by atoms with van der Waals surface area (Å²) >= 11 is 1.46. The van der Waals surface area contributed by atoms with E-state index in [2.05, 4.69) is 9.71 Å². The van der Waals surface area contributed by atoms with E-state index in [0.717, 1.165) is 24.3 Å². The van der Waals surface area contributed by atoms with Gasteiger partial charge in [0, 0.05) is 25.8 Å². The molecule has 2 aromatic rings. The zero-order valence-electron chi connectivity index (χ0n) is 17.9. The quantitative estimate of drug-likeness (QED) is 0.573. The van der Waals surface area contributed by atoms with Gasteiger partial charge in [-0.3, -0.25) is 4.79 Å². The van der Waals surface area contributed by atoms with Crippen molar-refractivity contribution in [2.75, 3.05) is 32.5 Å². The average Bonchev–Trinajstić information content (AvgIpc) is 2.81. The van der Waals surface area contributed by atoms with E-state index in [4.69, 9.17) is 4.74 Å². The summed E-state index contributed by atoms with van der Waals surface area (Å²) in [6.07, 6.45) is 6.00. The highest BCUT2D eigenvalue weighted by molar-refractivity contribution is 7.98. The predicted octanol–water partition coefficient (Wildman–Crippen LogP) is 3.42. The molecule has 1 aromatic carbocycles. The second-order valence-electron chi connectivity index (χ2n) is 7.47. The number of carbonyl (C=O) groups excluding carboxylic acids is 1. The van der Waals surface area contributed by atoms with E-state index in [1.165, 1.54) is 11.8 Å². The van der Waals surface area contributed by atoms with Crippen LogP contribution in [0.4, 0.5) is 0 Å². The Morgan fingerprint density at radius 1 is 1.23 bits per heavy atom. The lowest BCUT2D eigenvalue weighted by Gasteiger charge is -2.32. The van der Waals surface area contributed by atoms with Gasteiger partial charge in [0.1, 0.15) is 10.8 Å². The smallest absolute Gasteiger partial charge is 0.256 e. The zero-order chi connectivity index (χ0) is 22.3. The van der Waals surface area contributed by atoms with E-state index in [1.54, 1.807) is 42.6 Å². The van der Waals surface area contributed by atoms with Gasteiger partial charge >= 0.3 is 0 Å². The third kappa shape index (κ3) is 6.21. The number of hydrogen-bond donors (Lipinski definition) is 1. The molecule has 1 saturated heterocycles. The van der Waals surface area contributed by atoms with Crippen LogP contribution in [0.2, 0.25) is 0 Å². The van der Waals surface area contributed by atoms with Crippen LogP contribution in [0.1, 0.15) is 36.5 Å². The highest BCUT2D eigenvalue weighted by Gasteiger charge is 2.26. The van der Waals surface area contributed by atoms with Crippen LogP contribution in [0, 0.1) is 5.92 Å². The number of benzene rings is 1. The van der Waals surface area contributed by atoms with Crippen molar-refractivity contribution in [2.24, 2.45) is 5.92 Å². The van der Waals surface area contributed by atoms with Gasteiger partial charge in [0.05, 0.1) is 17.1 Å². The number of nitrogens with zero attached hydrogens (tertiary/aromatic N) is 2. The first kappa shape index (κ1) is 23.6. The van der Waals surface area contributed by atoms with Crippen molar-refractivity contribution >= 4 is 27.7 Å². The van der Waals surface area contributed by atoms with Crippen molar-refractivity contribution in [1.29, 1.82) is 0 Å². The number of sulfonamides is 1. The van der Waals surface area contributed by atoms with E-state index >= 15 is 0 Å². The van der Waals surface area contributed by atoms with Gasteiger partial charge in [0.25, 0.3) is 5.91 Å². The number of ether oxygens (including phenoxy) is 1. The minimum absolute atomic E-state index is 0.0122. The monoisotopic (exact) mass is 463 g/mol. The first-order valence-electron chi connectivity index (χ1n) is 10.5. The maximum Gasteiger partial charge on any atom is 0.256 e. The number of likely N-dealkylation sites (tertiary alicyclic amines) is 1. The Hall–Kier alpha value is -2.10. The Balaban J connectivity index is 1.51. The highest BCUT2D eigenvalue weighted by atomic mass is 32.2. The van der Waals surface area contributed by atoms with Gasteiger partial charge in [-0.05, 0) is 67.8 Å². The molecule has 3 rings (SSSR count). The predicted molar refractivity (Wildman–Crippen MR) is 122 cm³/mol. The van der Waals surface area contributed by atoms with Gasteiger partial charge in [-0.15, -0.1) is 11.8 Å².